The Morgan fingerprint density at radius 2 is 1.54 bits per heavy atom. The molecule has 1 aromatic rings. The van der Waals surface area contributed by atoms with Gasteiger partial charge in [-0.25, -0.2) is 6.20 Å². The zero-order valence-electron chi connectivity index (χ0n) is 7.82. The molecule has 0 N–H and O–H groups in total. The maximum Gasteiger partial charge on any atom is 0 e. The van der Waals surface area contributed by atoms with Gasteiger partial charge in [-0.2, -0.15) is 12.1 Å². The van der Waals surface area contributed by atoms with Crippen LogP contribution in [0.4, 0.5) is 0 Å². The van der Waals surface area contributed by atoms with E-state index in [1.54, 1.807) is 4.57 Å². The molecule has 64 valence electrons. The SMILES string of the molecule is [B].[CH2-]C[CH2-].[CH2-]n1[c-]ccc1.[Y].[Y].[Y]. The van der Waals surface area contributed by atoms with Crippen LogP contribution in [0.25, 0.3) is 0 Å². The number of hydrogen-bond donors (Lipinski definition) is 0. The fraction of sp³-hybridized carbons (Fsp3) is 0.125. The summed E-state index contributed by atoms with van der Waals surface area (Å²) in [4.78, 5) is 0. The maximum absolute atomic E-state index is 3.54. The van der Waals surface area contributed by atoms with Crippen LogP contribution in [0.5, 0.6) is 0 Å². The predicted molar refractivity (Wildman–Crippen MR) is 45.1 cm³/mol. The van der Waals surface area contributed by atoms with Crippen molar-refractivity contribution in [1.29, 1.82) is 0 Å². The summed E-state index contributed by atoms with van der Waals surface area (Å²) in [6.45, 7) is 6.75. The van der Waals surface area contributed by atoms with Gasteiger partial charge in [-0.1, -0.05) is 0 Å². The molecule has 0 atom stereocenters. The molecular weight excluding hydrogens is 388 g/mol. The summed E-state index contributed by atoms with van der Waals surface area (Å²) in [5.41, 5.74) is 0. The number of nitrogens with zero attached hydrogens (tertiary/aromatic N) is 1. The quantitative estimate of drug-likeness (QED) is 0.462. The Morgan fingerprint density at radius 1 is 1.15 bits per heavy atom. The summed E-state index contributed by atoms with van der Waals surface area (Å²) in [6.07, 6.45) is 5.39. The van der Waals surface area contributed by atoms with E-state index < -0.39 is 0 Å². The van der Waals surface area contributed by atoms with Crippen LogP contribution in [0.3, 0.4) is 0 Å². The molecule has 0 aliphatic heterocycles. The monoisotopic (exact) mass is 399 g/mol. The van der Waals surface area contributed by atoms with Gasteiger partial charge >= 0.3 is 0 Å². The van der Waals surface area contributed by atoms with Crippen LogP contribution >= 0.6 is 0 Å². The van der Waals surface area contributed by atoms with Crippen molar-refractivity contribution in [3.8, 4) is 0 Å². The molecule has 5 heteroatoms. The minimum Gasteiger partial charge on any atom is -0.660 e. The van der Waals surface area contributed by atoms with Crippen LogP contribution < -0.4 is 0 Å². The first-order chi connectivity index (χ1) is 4.31. The average Bonchev–Trinajstić information content (AvgIpc) is 2.20. The van der Waals surface area contributed by atoms with E-state index in [0.717, 1.165) is 6.42 Å². The Labute approximate surface area is 160 Å². The molecule has 13 heavy (non-hydrogen) atoms. The van der Waals surface area contributed by atoms with Crippen molar-refractivity contribution < 1.29 is 98.1 Å². The molecule has 1 nitrogen and oxygen atoms in total. The minimum atomic E-state index is 0. The van der Waals surface area contributed by atoms with Crippen molar-refractivity contribution in [1.82, 2.24) is 4.57 Å². The summed E-state index contributed by atoms with van der Waals surface area (Å²) < 4.78 is 1.62. The van der Waals surface area contributed by atoms with Crippen molar-refractivity contribution in [3.05, 3.63) is 45.4 Å². The van der Waals surface area contributed by atoms with Crippen molar-refractivity contribution in [2.75, 3.05) is 0 Å². The third-order valence-electron chi connectivity index (χ3n) is 0.603. The summed E-state index contributed by atoms with van der Waals surface area (Å²) in [7, 11) is 3.54. The van der Waals surface area contributed by atoms with E-state index in [9.17, 15) is 0 Å². The van der Waals surface area contributed by atoms with E-state index in [2.05, 4.69) is 27.1 Å². The molecule has 0 saturated heterocycles. The Balaban J connectivity index is -0.0000000282. The van der Waals surface area contributed by atoms with E-state index in [1.807, 2.05) is 18.3 Å². The Hall–Kier alpha value is 2.53. The first-order valence-electron chi connectivity index (χ1n) is 2.75. The van der Waals surface area contributed by atoms with Gasteiger partial charge in [0.1, 0.15) is 0 Å². The van der Waals surface area contributed by atoms with Crippen molar-refractivity contribution in [2.45, 2.75) is 6.42 Å². The van der Waals surface area contributed by atoms with Crippen molar-refractivity contribution in [2.24, 2.45) is 0 Å². The first-order valence-corrected chi connectivity index (χ1v) is 2.75. The van der Waals surface area contributed by atoms with Crippen LogP contribution in [-0.2, 0) is 98.1 Å². The molecule has 0 aromatic carbocycles. The molecule has 0 unspecified atom stereocenters. The third kappa shape index (κ3) is 25.1. The normalized spacial score (nSPS) is 5.38. The van der Waals surface area contributed by atoms with Crippen LogP contribution in [0.15, 0.2) is 18.3 Å². The minimum absolute atomic E-state index is 0. The van der Waals surface area contributed by atoms with Gasteiger partial charge in [-0.05, 0) is 0 Å². The Morgan fingerprint density at radius 3 is 1.62 bits per heavy atom. The first kappa shape index (κ1) is 29.6. The molecule has 0 saturated carbocycles. The summed E-state index contributed by atoms with van der Waals surface area (Å²) in [6, 6.07) is 3.69. The van der Waals surface area contributed by atoms with Gasteiger partial charge in [0, 0.05) is 107 Å². The van der Waals surface area contributed by atoms with E-state index >= 15 is 0 Å². The molecule has 1 heterocycles. The third-order valence-corrected chi connectivity index (χ3v) is 0.603. The second-order valence-corrected chi connectivity index (χ2v) is 1.46. The molecule has 0 spiro atoms. The molecule has 1 rings (SSSR count). The summed E-state index contributed by atoms with van der Waals surface area (Å²) in [5, 5.41) is 0. The van der Waals surface area contributed by atoms with Gasteiger partial charge in [0.05, 0.1) is 0 Å². The van der Waals surface area contributed by atoms with Gasteiger partial charge in [-0.15, -0.1) is 0 Å². The van der Waals surface area contributed by atoms with Gasteiger partial charge in [0.25, 0.3) is 0 Å². The van der Waals surface area contributed by atoms with E-state index in [0.29, 0.717) is 0 Å². The molecule has 0 aliphatic rings. The van der Waals surface area contributed by atoms with Gasteiger partial charge in [0.2, 0.25) is 0 Å². The van der Waals surface area contributed by atoms with Crippen LogP contribution in [-0.4, -0.2) is 13.0 Å². The fourth-order valence-corrected chi connectivity index (χ4v) is 0.329. The Bertz CT molecular complexity index is 134. The molecule has 0 amide bonds. The second-order valence-electron chi connectivity index (χ2n) is 1.46. The maximum atomic E-state index is 3.54. The summed E-state index contributed by atoms with van der Waals surface area (Å²) >= 11 is 0. The predicted octanol–water partition coefficient (Wildman–Crippen LogP) is 1.58. The smallest absolute Gasteiger partial charge is 0 e. The Kier molecular flexibility index (Phi) is 54.6. The molecular formula is C8H11BNY3-4. The van der Waals surface area contributed by atoms with E-state index in [1.165, 1.54) is 0 Å². The number of aromatic nitrogens is 1. The number of rotatable bonds is 0. The van der Waals surface area contributed by atoms with Gasteiger partial charge in [-0.3, -0.25) is 13.2 Å². The van der Waals surface area contributed by atoms with Gasteiger partial charge < -0.3 is 24.8 Å². The second kappa shape index (κ2) is 24.0. The zero-order chi connectivity index (χ0) is 7.11. The fourth-order valence-electron chi connectivity index (χ4n) is 0.329. The largest absolute Gasteiger partial charge is 0.660 e. The molecule has 0 bridgehead atoms. The average molecular weight is 399 g/mol. The zero-order valence-corrected chi connectivity index (χ0v) is 16.3. The molecule has 1 aromatic heterocycles. The van der Waals surface area contributed by atoms with Crippen molar-refractivity contribution >= 4 is 8.41 Å². The number of hydrogen-bond acceptors (Lipinski definition) is 0. The van der Waals surface area contributed by atoms with Crippen LogP contribution in [0, 0.1) is 27.1 Å². The standard InChI is InChI=1S/C5H5N.C3H6.B.3Y/c1-6-4-2-3-5-6;1-3-2;;;;/h2-4H,1H2;1-3H2;;;;/q2*-2;;;;. The van der Waals surface area contributed by atoms with Crippen LogP contribution in [0.2, 0.25) is 0 Å². The van der Waals surface area contributed by atoms with Gasteiger partial charge in [0.15, 0.2) is 0 Å². The van der Waals surface area contributed by atoms with E-state index in [-0.39, 0.29) is 107 Å². The molecule has 0 fully saturated rings. The topological polar surface area (TPSA) is 4.93 Å². The van der Waals surface area contributed by atoms with Crippen molar-refractivity contribution in [3.63, 3.8) is 0 Å². The van der Waals surface area contributed by atoms with Crippen LogP contribution in [0.1, 0.15) is 6.42 Å². The van der Waals surface area contributed by atoms with E-state index in [4.69, 9.17) is 0 Å². The molecule has 0 aliphatic carbocycles. The summed E-state index contributed by atoms with van der Waals surface area (Å²) in [5.74, 6) is 0. The molecule has 6 radical (unpaired) electrons.